The average Bonchev–Trinajstić information content (AvgIpc) is 2.68. The average molecular weight is 407 g/mol. The number of benzene rings is 1. The van der Waals surface area contributed by atoms with E-state index in [4.69, 9.17) is 11.7 Å². The monoisotopic (exact) mass is 407 g/mol. The van der Waals surface area contributed by atoms with Gasteiger partial charge in [0.2, 0.25) is 5.96 Å². The number of hydrazine groups is 1. The third kappa shape index (κ3) is 4.99. The van der Waals surface area contributed by atoms with Gasteiger partial charge in [0, 0.05) is 43.8 Å². The molecular weight excluding hydrogens is 384 g/mol. The second kappa shape index (κ2) is 8.86. The first kappa shape index (κ1) is 20.5. The number of nitrogens with zero attached hydrogens (tertiary/aromatic N) is 4. The molecule has 0 radical (unpaired) electrons. The predicted molar refractivity (Wildman–Crippen MR) is 104 cm³/mol. The van der Waals surface area contributed by atoms with E-state index in [9.17, 15) is 13.6 Å². The van der Waals surface area contributed by atoms with Crippen molar-refractivity contribution < 1.29 is 18.3 Å². The number of guanidine groups is 1. The van der Waals surface area contributed by atoms with Crippen LogP contribution in [0.3, 0.4) is 0 Å². The van der Waals surface area contributed by atoms with Crippen molar-refractivity contribution in [2.24, 2.45) is 16.8 Å². The number of nitrogens with two attached hydrogens (primary N) is 2. The number of hydrazone groups is 1. The van der Waals surface area contributed by atoms with Crippen LogP contribution in [0.15, 0.2) is 35.6 Å². The molecule has 0 spiro atoms. The van der Waals surface area contributed by atoms with Crippen molar-refractivity contribution >= 4 is 22.8 Å². The molecule has 0 saturated carbocycles. The minimum Gasteiger partial charge on any atom is -0.435 e. The van der Waals surface area contributed by atoms with Crippen LogP contribution in [0, 0.1) is 0 Å². The van der Waals surface area contributed by atoms with Crippen LogP contribution in [0.2, 0.25) is 0 Å². The SMILES string of the molecule is CN(N)/C(=N\N)N1CCC(NC(=O)c2cnc3cc(OC(F)F)ccc3c2)CC1. The van der Waals surface area contributed by atoms with Crippen LogP contribution in [0.25, 0.3) is 10.9 Å². The highest BCUT2D eigenvalue weighted by atomic mass is 19.3. The molecule has 1 aromatic heterocycles. The summed E-state index contributed by atoms with van der Waals surface area (Å²) >= 11 is 0. The van der Waals surface area contributed by atoms with Gasteiger partial charge in [-0.2, -0.15) is 8.78 Å². The molecule has 2 aromatic rings. The van der Waals surface area contributed by atoms with Gasteiger partial charge in [-0.3, -0.25) is 14.8 Å². The second-order valence-electron chi connectivity index (χ2n) is 6.73. The Hall–Kier alpha value is -3.21. The van der Waals surface area contributed by atoms with E-state index in [-0.39, 0.29) is 17.7 Å². The maximum absolute atomic E-state index is 12.6. The molecule has 0 bridgehead atoms. The number of rotatable bonds is 4. The molecule has 2 heterocycles. The number of halogens is 2. The lowest BCUT2D eigenvalue weighted by atomic mass is 10.0. The van der Waals surface area contributed by atoms with E-state index in [1.54, 1.807) is 19.2 Å². The first-order chi connectivity index (χ1) is 13.9. The Labute approximate surface area is 166 Å². The molecule has 9 nitrogen and oxygen atoms in total. The molecule has 5 N–H and O–H groups in total. The van der Waals surface area contributed by atoms with Gasteiger partial charge in [-0.1, -0.05) is 0 Å². The van der Waals surface area contributed by atoms with Crippen molar-refractivity contribution in [1.82, 2.24) is 20.2 Å². The van der Waals surface area contributed by atoms with Crippen molar-refractivity contribution in [3.63, 3.8) is 0 Å². The van der Waals surface area contributed by atoms with Crippen molar-refractivity contribution in [1.29, 1.82) is 0 Å². The standard InChI is InChI=1S/C18H23F2N7O2/c1-26(22)18(25-21)27-6-4-13(5-7-27)24-16(28)12-8-11-2-3-14(29-17(19)20)9-15(11)23-10-12/h2-3,8-10,13,17H,4-7,21-22H2,1H3,(H,24,28)/b25-18+. The summed E-state index contributed by atoms with van der Waals surface area (Å²) in [5.41, 5.74) is 0.862. The molecule has 0 unspecified atom stereocenters. The number of nitrogens with one attached hydrogen (secondary N) is 1. The van der Waals surface area contributed by atoms with Gasteiger partial charge in [-0.25, -0.2) is 5.84 Å². The molecule has 1 aliphatic heterocycles. The van der Waals surface area contributed by atoms with Gasteiger partial charge in [-0.05, 0) is 31.0 Å². The second-order valence-corrected chi connectivity index (χ2v) is 6.73. The molecule has 1 amide bonds. The van der Waals surface area contributed by atoms with Gasteiger partial charge < -0.3 is 20.8 Å². The Morgan fingerprint density at radius 2 is 2.10 bits per heavy atom. The zero-order valence-electron chi connectivity index (χ0n) is 15.9. The first-order valence-corrected chi connectivity index (χ1v) is 9.04. The Bertz CT molecular complexity index is 899. The largest absolute Gasteiger partial charge is 0.435 e. The summed E-state index contributed by atoms with van der Waals surface area (Å²) in [7, 11) is 1.66. The molecule has 156 valence electrons. The number of fused-ring (bicyclic) bond motifs is 1. The highest BCUT2D eigenvalue weighted by molar-refractivity contribution is 5.97. The molecule has 0 aliphatic carbocycles. The van der Waals surface area contributed by atoms with Crippen LogP contribution in [-0.4, -0.2) is 59.6 Å². The molecule has 1 aromatic carbocycles. The minimum atomic E-state index is -2.90. The van der Waals surface area contributed by atoms with Gasteiger partial charge in [0.25, 0.3) is 5.91 Å². The van der Waals surface area contributed by atoms with Gasteiger partial charge in [0.15, 0.2) is 0 Å². The number of hydrogen-bond donors (Lipinski definition) is 3. The van der Waals surface area contributed by atoms with Crippen molar-refractivity contribution in [3.05, 3.63) is 36.0 Å². The molecule has 1 saturated heterocycles. The first-order valence-electron chi connectivity index (χ1n) is 9.04. The normalized spacial score (nSPS) is 15.6. The maximum atomic E-state index is 12.6. The number of likely N-dealkylation sites (tertiary alicyclic amines) is 1. The van der Waals surface area contributed by atoms with Gasteiger partial charge in [0.1, 0.15) is 5.75 Å². The van der Waals surface area contributed by atoms with Gasteiger partial charge >= 0.3 is 6.61 Å². The maximum Gasteiger partial charge on any atom is 0.387 e. The van der Waals surface area contributed by atoms with Crippen molar-refractivity contribution in [3.8, 4) is 5.75 Å². The lowest BCUT2D eigenvalue weighted by Crippen LogP contribution is -2.52. The van der Waals surface area contributed by atoms with E-state index in [2.05, 4.69) is 20.1 Å². The van der Waals surface area contributed by atoms with Crippen LogP contribution in [-0.2, 0) is 0 Å². The number of alkyl halides is 2. The van der Waals surface area contributed by atoms with Crippen molar-refractivity contribution in [2.45, 2.75) is 25.5 Å². The highest BCUT2D eigenvalue weighted by Gasteiger charge is 2.24. The minimum absolute atomic E-state index is 0.00151. The summed E-state index contributed by atoms with van der Waals surface area (Å²) < 4.78 is 29.0. The molecule has 29 heavy (non-hydrogen) atoms. The van der Waals surface area contributed by atoms with E-state index in [1.165, 1.54) is 23.3 Å². The Morgan fingerprint density at radius 1 is 1.38 bits per heavy atom. The summed E-state index contributed by atoms with van der Waals surface area (Å²) in [6, 6.07) is 6.08. The lowest BCUT2D eigenvalue weighted by Gasteiger charge is -2.35. The topological polar surface area (TPSA) is 122 Å². The number of hydrogen-bond acceptors (Lipinski definition) is 6. The number of ether oxygens (including phenoxy) is 1. The molecule has 1 fully saturated rings. The molecular formula is C18H23F2N7O2. The number of amides is 1. The molecule has 11 heteroatoms. The fourth-order valence-corrected chi connectivity index (χ4v) is 3.29. The Balaban J connectivity index is 1.62. The highest BCUT2D eigenvalue weighted by Crippen LogP contribution is 2.22. The fraction of sp³-hybridized carbons (Fsp3) is 0.389. The van der Waals surface area contributed by atoms with Crippen LogP contribution >= 0.6 is 0 Å². The number of carbonyl (C=O) groups is 1. The van der Waals surface area contributed by atoms with Crippen LogP contribution in [0.4, 0.5) is 8.78 Å². The number of aromatic nitrogens is 1. The zero-order valence-corrected chi connectivity index (χ0v) is 15.9. The van der Waals surface area contributed by atoms with E-state index >= 15 is 0 Å². The van der Waals surface area contributed by atoms with E-state index < -0.39 is 6.61 Å². The van der Waals surface area contributed by atoms with Gasteiger partial charge in [-0.15, -0.1) is 5.10 Å². The van der Waals surface area contributed by atoms with Crippen LogP contribution < -0.4 is 21.7 Å². The van der Waals surface area contributed by atoms with Crippen molar-refractivity contribution in [2.75, 3.05) is 20.1 Å². The number of carbonyl (C=O) groups excluding carboxylic acids is 1. The predicted octanol–water partition coefficient (Wildman–Crippen LogP) is 1.07. The zero-order chi connectivity index (χ0) is 21.0. The quantitative estimate of drug-likeness (QED) is 0.300. The molecule has 3 rings (SSSR count). The van der Waals surface area contributed by atoms with E-state index in [0.29, 0.717) is 48.4 Å². The summed E-state index contributed by atoms with van der Waals surface area (Å²) in [6.07, 6.45) is 2.85. The van der Waals surface area contributed by atoms with E-state index in [1.807, 2.05) is 4.90 Å². The summed E-state index contributed by atoms with van der Waals surface area (Å²) in [4.78, 5) is 18.7. The third-order valence-corrected chi connectivity index (χ3v) is 4.69. The smallest absolute Gasteiger partial charge is 0.387 e. The summed E-state index contributed by atoms with van der Waals surface area (Å²) in [5, 5.41) is 8.71. The van der Waals surface area contributed by atoms with Gasteiger partial charge in [0.05, 0.1) is 11.1 Å². The van der Waals surface area contributed by atoms with E-state index in [0.717, 1.165) is 0 Å². The Morgan fingerprint density at radius 3 is 2.72 bits per heavy atom. The summed E-state index contributed by atoms with van der Waals surface area (Å²) in [6.45, 7) is -1.59. The van der Waals surface area contributed by atoms with Crippen LogP contribution in [0.5, 0.6) is 5.75 Å². The fourth-order valence-electron chi connectivity index (χ4n) is 3.29. The van der Waals surface area contributed by atoms with Crippen LogP contribution in [0.1, 0.15) is 23.2 Å². The summed E-state index contributed by atoms with van der Waals surface area (Å²) in [5.74, 6) is 11.4. The molecule has 1 aliphatic rings. The number of pyridine rings is 1. The number of piperidine rings is 1. The third-order valence-electron chi connectivity index (χ3n) is 4.69. The Kier molecular flexibility index (Phi) is 6.27. The molecule has 0 atom stereocenters. The lowest BCUT2D eigenvalue weighted by molar-refractivity contribution is -0.0497.